The van der Waals surface area contributed by atoms with Gasteiger partial charge in [-0.2, -0.15) is 0 Å². The molecule has 12 N–H and O–H groups in total. The number of amides is 5. The Hall–Kier alpha value is -4.50. The molecule has 0 aliphatic rings. The average molecular weight is 534 g/mol. The number of rotatable bonds is 14. The number of para-hydroxylation sites is 1. The van der Waals surface area contributed by atoms with Gasteiger partial charge in [0.25, 0.3) is 0 Å². The third kappa shape index (κ3) is 8.28. The number of fused-ring (bicyclic) bond motifs is 1. The molecule has 0 aliphatic carbocycles. The molecule has 1 aromatic carbocycles. The van der Waals surface area contributed by atoms with Gasteiger partial charge in [-0.1, -0.05) is 18.2 Å². The first-order valence-electron chi connectivity index (χ1n) is 11.5. The molecule has 5 unspecified atom stereocenters. The Morgan fingerprint density at radius 3 is 2.05 bits per heavy atom. The summed E-state index contributed by atoms with van der Waals surface area (Å²) in [5.41, 5.74) is 17.2. The third-order valence-corrected chi connectivity index (χ3v) is 5.57. The lowest BCUT2D eigenvalue weighted by molar-refractivity contribution is -0.145. The van der Waals surface area contributed by atoms with Gasteiger partial charge in [0.1, 0.15) is 12.1 Å². The van der Waals surface area contributed by atoms with E-state index in [2.05, 4.69) is 20.9 Å². The van der Waals surface area contributed by atoms with Gasteiger partial charge < -0.3 is 48.3 Å². The largest absolute Gasteiger partial charge is 0.480 e. The Balaban J connectivity index is 2.33. The fraction of sp³-hybridized carbons (Fsp3) is 0.391. The number of benzene rings is 1. The smallest absolute Gasteiger partial charge is 0.328 e. The molecule has 206 valence electrons. The van der Waals surface area contributed by atoms with Crippen LogP contribution in [0, 0.1) is 0 Å². The van der Waals surface area contributed by atoms with Crippen LogP contribution >= 0.6 is 0 Å². The number of aromatic amines is 1. The topological polar surface area (TPSA) is 273 Å². The fourth-order valence-corrected chi connectivity index (χ4v) is 3.64. The van der Waals surface area contributed by atoms with E-state index in [1.165, 1.54) is 6.92 Å². The summed E-state index contributed by atoms with van der Waals surface area (Å²) in [6.45, 7) is 1.17. The Bertz CT molecular complexity index is 1210. The van der Waals surface area contributed by atoms with Crippen LogP contribution in [0.2, 0.25) is 0 Å². The molecule has 0 spiro atoms. The summed E-state index contributed by atoms with van der Waals surface area (Å²) in [6.07, 6.45) is -1.20. The fourth-order valence-electron chi connectivity index (χ4n) is 3.64. The number of carbonyl (C=O) groups is 6. The zero-order valence-electron chi connectivity index (χ0n) is 20.5. The lowest BCUT2D eigenvalue weighted by Crippen LogP contribution is -2.59. The van der Waals surface area contributed by atoms with E-state index in [4.69, 9.17) is 17.2 Å². The lowest BCUT2D eigenvalue weighted by Gasteiger charge is -2.25. The number of aromatic nitrogens is 1. The third-order valence-electron chi connectivity index (χ3n) is 5.57. The predicted octanol–water partition coefficient (Wildman–Crippen LogP) is -3.29. The molecule has 2 aromatic rings. The van der Waals surface area contributed by atoms with Crippen LogP contribution in [0.15, 0.2) is 30.5 Å². The quantitative estimate of drug-likeness (QED) is 0.117. The summed E-state index contributed by atoms with van der Waals surface area (Å²) in [4.78, 5) is 75.7. The summed E-state index contributed by atoms with van der Waals surface area (Å²) < 4.78 is 0. The van der Waals surface area contributed by atoms with Crippen LogP contribution in [0.25, 0.3) is 10.9 Å². The van der Waals surface area contributed by atoms with Gasteiger partial charge in [0.2, 0.25) is 29.5 Å². The van der Waals surface area contributed by atoms with Crippen LogP contribution in [0.4, 0.5) is 0 Å². The predicted molar refractivity (Wildman–Crippen MR) is 133 cm³/mol. The van der Waals surface area contributed by atoms with Crippen molar-refractivity contribution < 1.29 is 39.0 Å². The van der Waals surface area contributed by atoms with Gasteiger partial charge in [-0.3, -0.25) is 24.0 Å². The molecule has 0 aliphatic heterocycles. The number of hydrogen-bond acceptors (Lipinski definition) is 8. The maximum Gasteiger partial charge on any atom is 0.328 e. The molecule has 0 saturated heterocycles. The van der Waals surface area contributed by atoms with Gasteiger partial charge in [0.15, 0.2) is 6.04 Å². The number of nitrogens with two attached hydrogens (primary N) is 3. The number of carboxylic acid groups (broad SMARTS) is 1. The summed E-state index contributed by atoms with van der Waals surface area (Å²) >= 11 is 0. The summed E-state index contributed by atoms with van der Waals surface area (Å²) in [5, 5.41) is 26.6. The van der Waals surface area contributed by atoms with Crippen molar-refractivity contribution in [3.63, 3.8) is 0 Å². The van der Waals surface area contributed by atoms with E-state index in [0.29, 0.717) is 5.56 Å². The molecule has 0 radical (unpaired) electrons. The minimum absolute atomic E-state index is 0.133. The SMILES string of the molecule is CC(O)C(NC(=O)C(Cc1c[nH]c2ccccc12)NC(=O)C(CC(N)=O)NC(=O)C(N)CC(N)=O)C(=O)O. The second kappa shape index (κ2) is 13.2. The maximum absolute atomic E-state index is 13.1. The highest BCUT2D eigenvalue weighted by Crippen LogP contribution is 2.19. The number of aliphatic hydroxyl groups excluding tert-OH is 1. The molecule has 1 aromatic heterocycles. The average Bonchev–Trinajstić information content (AvgIpc) is 3.23. The van der Waals surface area contributed by atoms with E-state index in [-0.39, 0.29) is 6.42 Å². The van der Waals surface area contributed by atoms with Crippen LogP contribution in [-0.4, -0.2) is 81.0 Å². The van der Waals surface area contributed by atoms with Crippen LogP contribution in [0.3, 0.4) is 0 Å². The second-order valence-electron chi connectivity index (χ2n) is 8.70. The van der Waals surface area contributed by atoms with Gasteiger partial charge in [0, 0.05) is 23.5 Å². The number of aliphatic carboxylic acids is 1. The van der Waals surface area contributed by atoms with E-state index in [1.807, 2.05) is 0 Å². The minimum Gasteiger partial charge on any atom is -0.480 e. The number of aliphatic hydroxyl groups is 1. The molecule has 15 heteroatoms. The molecular formula is C23H31N7O8. The van der Waals surface area contributed by atoms with Crippen LogP contribution < -0.4 is 33.2 Å². The molecule has 0 bridgehead atoms. The van der Waals surface area contributed by atoms with Crippen molar-refractivity contribution in [2.45, 2.75) is 56.5 Å². The molecule has 0 saturated carbocycles. The van der Waals surface area contributed by atoms with Crippen molar-refractivity contribution in [3.8, 4) is 0 Å². The van der Waals surface area contributed by atoms with Gasteiger partial charge >= 0.3 is 5.97 Å². The zero-order valence-corrected chi connectivity index (χ0v) is 20.5. The zero-order chi connectivity index (χ0) is 28.6. The van der Waals surface area contributed by atoms with Gasteiger partial charge in [-0.05, 0) is 18.6 Å². The number of carboxylic acids is 1. The van der Waals surface area contributed by atoms with E-state index in [9.17, 15) is 39.0 Å². The second-order valence-corrected chi connectivity index (χ2v) is 8.70. The molecule has 2 rings (SSSR count). The van der Waals surface area contributed by atoms with Gasteiger partial charge in [0.05, 0.1) is 25.0 Å². The Labute approximate surface area is 216 Å². The molecule has 5 atom stereocenters. The number of primary amides is 2. The number of hydrogen-bond donors (Lipinski definition) is 9. The minimum atomic E-state index is -1.68. The number of nitrogens with one attached hydrogen (secondary N) is 4. The van der Waals surface area contributed by atoms with Crippen molar-refractivity contribution in [1.82, 2.24) is 20.9 Å². The van der Waals surface area contributed by atoms with Crippen molar-refractivity contribution in [2.75, 3.05) is 0 Å². The normalized spacial score (nSPS) is 14.9. The van der Waals surface area contributed by atoms with Crippen molar-refractivity contribution in [2.24, 2.45) is 17.2 Å². The van der Waals surface area contributed by atoms with E-state index in [1.54, 1.807) is 30.5 Å². The van der Waals surface area contributed by atoms with Gasteiger partial charge in [-0.25, -0.2) is 4.79 Å². The molecule has 0 fully saturated rings. The molecule has 38 heavy (non-hydrogen) atoms. The monoisotopic (exact) mass is 533 g/mol. The van der Waals surface area contributed by atoms with Crippen LogP contribution in [-0.2, 0) is 35.2 Å². The highest BCUT2D eigenvalue weighted by atomic mass is 16.4. The van der Waals surface area contributed by atoms with E-state index < -0.39 is 78.6 Å². The molecule has 15 nitrogen and oxygen atoms in total. The summed E-state index contributed by atoms with van der Waals surface area (Å²) in [7, 11) is 0. The standard InChI is InChI=1S/C23H31N7O8/c1-10(31)19(23(37)38)30-22(36)15(6-11-9-27-14-5-3-2-4-12(11)14)29-21(35)16(8-18(26)33)28-20(34)13(24)7-17(25)32/h2-5,9-10,13,15-16,19,27,31H,6-8,24H2,1H3,(H2,25,32)(H2,26,33)(H,28,34)(H,29,35)(H,30,36)(H,37,38). The first kappa shape index (κ1) is 29.7. The Morgan fingerprint density at radius 1 is 0.895 bits per heavy atom. The summed E-state index contributed by atoms with van der Waals surface area (Å²) in [6, 6.07) is 1.02. The van der Waals surface area contributed by atoms with Crippen LogP contribution in [0.1, 0.15) is 25.3 Å². The van der Waals surface area contributed by atoms with Gasteiger partial charge in [-0.15, -0.1) is 0 Å². The molecule has 5 amide bonds. The highest BCUT2D eigenvalue weighted by molar-refractivity contribution is 5.97. The highest BCUT2D eigenvalue weighted by Gasteiger charge is 2.33. The maximum atomic E-state index is 13.1. The number of H-pyrrole nitrogens is 1. The first-order chi connectivity index (χ1) is 17.8. The Kier molecular flexibility index (Phi) is 10.3. The number of carbonyl (C=O) groups excluding carboxylic acids is 5. The van der Waals surface area contributed by atoms with E-state index in [0.717, 1.165) is 10.9 Å². The summed E-state index contributed by atoms with van der Waals surface area (Å²) in [5.74, 6) is -6.27. The Morgan fingerprint density at radius 2 is 1.47 bits per heavy atom. The van der Waals surface area contributed by atoms with E-state index >= 15 is 0 Å². The first-order valence-corrected chi connectivity index (χ1v) is 11.5. The van der Waals surface area contributed by atoms with Crippen molar-refractivity contribution in [1.29, 1.82) is 0 Å². The lowest BCUT2D eigenvalue weighted by atomic mass is 10.0. The molecule has 1 heterocycles. The van der Waals surface area contributed by atoms with Crippen molar-refractivity contribution >= 4 is 46.4 Å². The van der Waals surface area contributed by atoms with Crippen LogP contribution in [0.5, 0.6) is 0 Å². The molecular weight excluding hydrogens is 502 g/mol. The van der Waals surface area contributed by atoms with Crippen molar-refractivity contribution in [3.05, 3.63) is 36.0 Å².